The first kappa shape index (κ1) is 15.3. The van der Waals surface area contributed by atoms with Gasteiger partial charge in [0.2, 0.25) is 0 Å². The quantitative estimate of drug-likeness (QED) is 0.899. The third-order valence-electron chi connectivity index (χ3n) is 3.19. The highest BCUT2D eigenvalue weighted by molar-refractivity contribution is 6.33. The lowest BCUT2D eigenvalue weighted by Gasteiger charge is -2.23. The number of rotatable bonds is 4. The summed E-state index contributed by atoms with van der Waals surface area (Å²) in [5.74, 6) is -0.827. The largest absolute Gasteiger partial charge is 0.388 e. The second-order valence-electron chi connectivity index (χ2n) is 4.51. The molecule has 5 heteroatoms. The Hall–Kier alpha value is -1.13. The average Bonchev–Trinajstić information content (AvgIpc) is 2.42. The standard InChI is InChI=1S/C15H14Cl2FNO/c16-10-4-5-14(17)12(7-10)15(20)13(8-19)9-2-1-3-11(18)6-9/h1-7,13,15,20H,8,19H2. The molecule has 2 atom stereocenters. The lowest BCUT2D eigenvalue weighted by atomic mass is 9.89. The third-order valence-corrected chi connectivity index (χ3v) is 3.77. The van der Waals surface area contributed by atoms with E-state index in [0.29, 0.717) is 21.2 Å². The molecular weight excluding hydrogens is 300 g/mol. The van der Waals surface area contributed by atoms with E-state index in [1.165, 1.54) is 12.1 Å². The van der Waals surface area contributed by atoms with Crippen LogP contribution in [0.1, 0.15) is 23.1 Å². The van der Waals surface area contributed by atoms with Gasteiger partial charge in [0.15, 0.2) is 0 Å². The Morgan fingerprint density at radius 3 is 2.55 bits per heavy atom. The van der Waals surface area contributed by atoms with Gasteiger partial charge in [-0.2, -0.15) is 0 Å². The molecule has 2 nitrogen and oxygen atoms in total. The van der Waals surface area contributed by atoms with Crippen molar-refractivity contribution in [2.45, 2.75) is 12.0 Å². The normalized spacial score (nSPS) is 14.1. The minimum absolute atomic E-state index is 0.160. The zero-order valence-electron chi connectivity index (χ0n) is 10.6. The summed E-state index contributed by atoms with van der Waals surface area (Å²) in [7, 11) is 0. The number of hydrogen-bond acceptors (Lipinski definition) is 2. The van der Waals surface area contributed by atoms with Gasteiger partial charge in [0.25, 0.3) is 0 Å². The van der Waals surface area contributed by atoms with Crippen LogP contribution < -0.4 is 5.73 Å². The Morgan fingerprint density at radius 1 is 1.15 bits per heavy atom. The first-order chi connectivity index (χ1) is 9.52. The highest BCUT2D eigenvalue weighted by Crippen LogP contribution is 2.35. The number of hydrogen-bond donors (Lipinski definition) is 2. The van der Waals surface area contributed by atoms with Crippen molar-refractivity contribution in [3.63, 3.8) is 0 Å². The van der Waals surface area contributed by atoms with E-state index in [-0.39, 0.29) is 12.4 Å². The molecule has 0 aliphatic rings. The Labute approximate surface area is 126 Å². The predicted molar refractivity (Wildman–Crippen MR) is 79.6 cm³/mol. The number of nitrogens with two attached hydrogens (primary N) is 1. The van der Waals surface area contributed by atoms with Gasteiger partial charge < -0.3 is 10.8 Å². The topological polar surface area (TPSA) is 46.2 Å². The van der Waals surface area contributed by atoms with Gasteiger partial charge in [0, 0.05) is 28.1 Å². The third kappa shape index (κ3) is 3.30. The van der Waals surface area contributed by atoms with E-state index in [9.17, 15) is 9.50 Å². The fourth-order valence-electron chi connectivity index (χ4n) is 2.14. The van der Waals surface area contributed by atoms with Crippen LogP contribution in [-0.2, 0) is 0 Å². The second kappa shape index (κ2) is 6.55. The number of halogens is 3. The minimum atomic E-state index is -0.951. The molecule has 0 fully saturated rings. The van der Waals surface area contributed by atoms with Gasteiger partial charge in [-0.25, -0.2) is 4.39 Å². The molecule has 2 rings (SSSR count). The summed E-state index contributed by atoms with van der Waals surface area (Å²) in [5.41, 5.74) is 6.83. The zero-order chi connectivity index (χ0) is 14.7. The molecule has 0 saturated carbocycles. The van der Waals surface area contributed by atoms with Gasteiger partial charge >= 0.3 is 0 Å². The van der Waals surface area contributed by atoms with E-state index in [1.807, 2.05) is 0 Å². The molecule has 3 N–H and O–H groups in total. The van der Waals surface area contributed by atoms with Crippen LogP contribution in [0.3, 0.4) is 0 Å². The van der Waals surface area contributed by atoms with E-state index in [1.54, 1.807) is 30.3 Å². The van der Waals surface area contributed by atoms with Gasteiger partial charge in [-0.1, -0.05) is 35.3 Å². The van der Waals surface area contributed by atoms with Crippen LogP contribution in [0, 0.1) is 5.82 Å². The van der Waals surface area contributed by atoms with E-state index in [4.69, 9.17) is 28.9 Å². The summed E-state index contributed by atoms with van der Waals surface area (Å²) in [6.45, 7) is 0.160. The van der Waals surface area contributed by atoms with Crippen LogP contribution in [0.25, 0.3) is 0 Å². The van der Waals surface area contributed by atoms with Crippen LogP contribution in [-0.4, -0.2) is 11.7 Å². The van der Waals surface area contributed by atoms with Crippen LogP contribution in [0.4, 0.5) is 4.39 Å². The van der Waals surface area contributed by atoms with Crippen molar-refractivity contribution >= 4 is 23.2 Å². The highest BCUT2D eigenvalue weighted by Gasteiger charge is 2.24. The van der Waals surface area contributed by atoms with Crippen molar-refractivity contribution in [2.24, 2.45) is 5.73 Å². The van der Waals surface area contributed by atoms with Crippen molar-refractivity contribution in [1.82, 2.24) is 0 Å². The van der Waals surface area contributed by atoms with Crippen LogP contribution in [0.15, 0.2) is 42.5 Å². The van der Waals surface area contributed by atoms with Gasteiger partial charge in [-0.15, -0.1) is 0 Å². The van der Waals surface area contributed by atoms with Crippen molar-refractivity contribution in [3.05, 3.63) is 69.5 Å². The molecule has 0 spiro atoms. The first-order valence-electron chi connectivity index (χ1n) is 6.11. The Morgan fingerprint density at radius 2 is 1.90 bits per heavy atom. The van der Waals surface area contributed by atoms with Crippen molar-refractivity contribution in [3.8, 4) is 0 Å². The summed E-state index contributed by atoms with van der Waals surface area (Å²) in [4.78, 5) is 0. The summed E-state index contributed by atoms with van der Waals surface area (Å²) >= 11 is 12.0. The smallest absolute Gasteiger partial charge is 0.123 e. The predicted octanol–water partition coefficient (Wildman–Crippen LogP) is 3.91. The summed E-state index contributed by atoms with van der Waals surface area (Å²) in [6, 6.07) is 10.9. The molecule has 0 amide bonds. The lowest BCUT2D eigenvalue weighted by molar-refractivity contribution is 0.147. The van der Waals surface area contributed by atoms with Gasteiger partial charge in [0.05, 0.1) is 6.10 Å². The van der Waals surface area contributed by atoms with E-state index < -0.39 is 12.0 Å². The average molecular weight is 314 g/mol. The second-order valence-corrected chi connectivity index (χ2v) is 5.35. The molecule has 0 saturated heterocycles. The van der Waals surface area contributed by atoms with Crippen molar-refractivity contribution < 1.29 is 9.50 Å². The van der Waals surface area contributed by atoms with Crippen LogP contribution in [0.2, 0.25) is 10.0 Å². The molecule has 0 aliphatic heterocycles. The van der Waals surface area contributed by atoms with E-state index >= 15 is 0 Å². The summed E-state index contributed by atoms with van der Waals surface area (Å²) < 4.78 is 13.3. The van der Waals surface area contributed by atoms with Crippen molar-refractivity contribution in [2.75, 3.05) is 6.54 Å². The maximum absolute atomic E-state index is 13.3. The molecule has 0 radical (unpaired) electrons. The molecule has 106 valence electrons. The Bertz CT molecular complexity index is 606. The molecule has 20 heavy (non-hydrogen) atoms. The number of aliphatic hydroxyl groups is 1. The molecule has 2 aromatic rings. The SMILES string of the molecule is NCC(c1cccc(F)c1)C(O)c1cc(Cl)ccc1Cl. The molecule has 0 bridgehead atoms. The maximum Gasteiger partial charge on any atom is 0.123 e. The van der Waals surface area contributed by atoms with Gasteiger partial charge in [-0.3, -0.25) is 0 Å². The Balaban J connectivity index is 2.38. The number of aliphatic hydroxyl groups excluding tert-OH is 1. The van der Waals surface area contributed by atoms with Crippen LogP contribution >= 0.6 is 23.2 Å². The molecule has 2 unspecified atom stereocenters. The summed E-state index contributed by atoms with van der Waals surface area (Å²) in [6.07, 6.45) is -0.951. The maximum atomic E-state index is 13.3. The first-order valence-corrected chi connectivity index (χ1v) is 6.87. The summed E-state index contributed by atoms with van der Waals surface area (Å²) in [5, 5.41) is 11.4. The minimum Gasteiger partial charge on any atom is -0.388 e. The molecular formula is C15H14Cl2FNO. The monoisotopic (exact) mass is 313 g/mol. The van der Waals surface area contributed by atoms with E-state index in [2.05, 4.69) is 0 Å². The zero-order valence-corrected chi connectivity index (χ0v) is 12.1. The molecule has 0 aromatic heterocycles. The Kier molecular flexibility index (Phi) is 5.00. The highest BCUT2D eigenvalue weighted by atomic mass is 35.5. The fourth-order valence-corrected chi connectivity index (χ4v) is 2.55. The lowest BCUT2D eigenvalue weighted by Crippen LogP contribution is -2.20. The van der Waals surface area contributed by atoms with Crippen molar-refractivity contribution in [1.29, 1.82) is 0 Å². The molecule has 0 aliphatic carbocycles. The van der Waals surface area contributed by atoms with Crippen LogP contribution in [0.5, 0.6) is 0 Å². The number of benzene rings is 2. The fraction of sp³-hybridized carbons (Fsp3) is 0.200. The molecule has 2 aromatic carbocycles. The van der Waals surface area contributed by atoms with E-state index in [0.717, 1.165) is 0 Å². The van der Waals surface area contributed by atoms with Gasteiger partial charge in [-0.05, 0) is 35.9 Å². The molecule has 0 heterocycles. The van der Waals surface area contributed by atoms with Gasteiger partial charge in [0.1, 0.15) is 5.82 Å².